The first-order valence-electron chi connectivity index (χ1n) is 9.98. The van der Waals surface area contributed by atoms with Gasteiger partial charge >= 0.3 is 0 Å². The van der Waals surface area contributed by atoms with Gasteiger partial charge in [0, 0.05) is 18.3 Å². The third-order valence-electron chi connectivity index (χ3n) is 8.81. The van der Waals surface area contributed by atoms with Gasteiger partial charge in [-0.05, 0) is 80.5 Å². The van der Waals surface area contributed by atoms with Crippen LogP contribution in [0.25, 0.3) is 0 Å². The Kier molecular flexibility index (Phi) is 3.77. The Morgan fingerprint density at radius 2 is 1.83 bits per heavy atom. The molecule has 3 heteroatoms. The van der Waals surface area contributed by atoms with Crippen LogP contribution >= 0.6 is 0 Å². The summed E-state index contributed by atoms with van der Waals surface area (Å²) in [5.74, 6) is 2.48. The number of carbonyl (C=O) groups is 2. The highest BCUT2D eigenvalue weighted by molar-refractivity contribution is 5.87. The standard InChI is InChI=1S/C21H32O3/c1-12(22)16-6-7-17-15-5-4-13-10-14(23)8-9-20(13,2)19(15)18(24)11-21(16,17)3/h13-17,19,23H,4-11H2,1-3H3/t13-,14-,15-,16-,17-,19-,20-,21+/m0/s1. The summed E-state index contributed by atoms with van der Waals surface area (Å²) < 4.78 is 0. The van der Waals surface area contributed by atoms with E-state index >= 15 is 0 Å². The highest BCUT2D eigenvalue weighted by Crippen LogP contribution is 2.66. The fourth-order valence-corrected chi connectivity index (χ4v) is 7.72. The number of hydrogen-bond donors (Lipinski definition) is 1. The van der Waals surface area contributed by atoms with Crippen molar-refractivity contribution in [3.05, 3.63) is 0 Å². The normalized spacial score (nSPS) is 53.9. The molecule has 0 radical (unpaired) electrons. The van der Waals surface area contributed by atoms with Crippen LogP contribution in [-0.2, 0) is 9.59 Å². The molecule has 0 saturated heterocycles. The molecule has 0 spiro atoms. The first kappa shape index (κ1) is 16.8. The molecule has 0 heterocycles. The summed E-state index contributed by atoms with van der Waals surface area (Å²) in [4.78, 5) is 25.5. The van der Waals surface area contributed by atoms with E-state index < -0.39 is 0 Å². The average Bonchev–Trinajstić information content (AvgIpc) is 2.84. The number of aliphatic hydroxyl groups is 1. The predicted octanol–water partition coefficient (Wildman–Crippen LogP) is 3.77. The summed E-state index contributed by atoms with van der Waals surface area (Å²) in [6, 6.07) is 0. The maximum absolute atomic E-state index is 13.3. The molecule has 8 atom stereocenters. The van der Waals surface area contributed by atoms with Gasteiger partial charge in [0.15, 0.2) is 0 Å². The number of ketones is 2. The summed E-state index contributed by atoms with van der Waals surface area (Å²) >= 11 is 0. The molecule has 4 fully saturated rings. The van der Waals surface area contributed by atoms with Gasteiger partial charge in [0.25, 0.3) is 0 Å². The first-order chi connectivity index (χ1) is 11.3. The van der Waals surface area contributed by atoms with Crippen LogP contribution in [0.1, 0.15) is 72.1 Å². The molecular formula is C21H32O3. The van der Waals surface area contributed by atoms with Crippen molar-refractivity contribution in [2.75, 3.05) is 0 Å². The van der Waals surface area contributed by atoms with E-state index in [4.69, 9.17) is 0 Å². The Labute approximate surface area is 145 Å². The van der Waals surface area contributed by atoms with E-state index in [0.29, 0.717) is 30.0 Å². The van der Waals surface area contributed by atoms with E-state index in [-0.39, 0.29) is 34.6 Å². The first-order valence-corrected chi connectivity index (χ1v) is 9.98. The zero-order valence-corrected chi connectivity index (χ0v) is 15.4. The van der Waals surface area contributed by atoms with Crippen LogP contribution in [0.4, 0.5) is 0 Å². The van der Waals surface area contributed by atoms with Gasteiger partial charge in [-0.3, -0.25) is 9.59 Å². The molecule has 134 valence electrons. The second-order valence-electron chi connectivity index (χ2n) is 9.85. The number of rotatable bonds is 1. The molecule has 24 heavy (non-hydrogen) atoms. The Bertz CT molecular complexity index is 569. The zero-order valence-electron chi connectivity index (χ0n) is 15.4. The summed E-state index contributed by atoms with van der Waals surface area (Å²) in [7, 11) is 0. The van der Waals surface area contributed by atoms with E-state index in [0.717, 1.165) is 44.9 Å². The van der Waals surface area contributed by atoms with Crippen molar-refractivity contribution in [3.63, 3.8) is 0 Å². The molecule has 0 bridgehead atoms. The van der Waals surface area contributed by atoms with Gasteiger partial charge in [0.05, 0.1) is 6.10 Å². The molecule has 3 nitrogen and oxygen atoms in total. The van der Waals surface area contributed by atoms with Crippen LogP contribution in [-0.4, -0.2) is 22.8 Å². The van der Waals surface area contributed by atoms with Crippen LogP contribution in [0, 0.1) is 40.4 Å². The highest BCUT2D eigenvalue weighted by Gasteiger charge is 2.63. The van der Waals surface area contributed by atoms with E-state index in [1.807, 2.05) is 0 Å². The number of hydrogen-bond acceptors (Lipinski definition) is 3. The Morgan fingerprint density at radius 1 is 1.08 bits per heavy atom. The minimum atomic E-state index is -0.169. The molecule has 0 unspecified atom stereocenters. The van der Waals surface area contributed by atoms with Crippen molar-refractivity contribution in [1.29, 1.82) is 0 Å². The van der Waals surface area contributed by atoms with Crippen molar-refractivity contribution in [2.24, 2.45) is 40.4 Å². The SMILES string of the molecule is CC(=O)[C@@H]1CC[C@H]2[C@@H]3CC[C@H]4C[C@@H](O)CC[C@]4(C)[C@@H]3C(=O)C[C@]12C. The van der Waals surface area contributed by atoms with Gasteiger partial charge in [-0.2, -0.15) is 0 Å². The molecule has 0 amide bonds. The Hall–Kier alpha value is -0.700. The third-order valence-corrected chi connectivity index (χ3v) is 8.81. The number of fused-ring (bicyclic) bond motifs is 5. The fraction of sp³-hybridized carbons (Fsp3) is 0.905. The number of aliphatic hydroxyl groups excluding tert-OH is 1. The summed E-state index contributed by atoms with van der Waals surface area (Å²) in [5, 5.41) is 10.1. The molecule has 4 saturated carbocycles. The summed E-state index contributed by atoms with van der Waals surface area (Å²) in [6.45, 7) is 6.28. The number of Topliss-reactive ketones (excluding diaryl/α,β-unsaturated/α-hetero) is 2. The van der Waals surface area contributed by atoms with Crippen molar-refractivity contribution in [3.8, 4) is 0 Å². The minimum absolute atomic E-state index is 0.0782. The van der Waals surface area contributed by atoms with Crippen molar-refractivity contribution < 1.29 is 14.7 Å². The lowest BCUT2D eigenvalue weighted by molar-refractivity contribution is -0.162. The van der Waals surface area contributed by atoms with Gasteiger partial charge < -0.3 is 5.11 Å². The lowest BCUT2D eigenvalue weighted by atomic mass is 9.44. The Morgan fingerprint density at radius 3 is 2.54 bits per heavy atom. The van der Waals surface area contributed by atoms with Gasteiger partial charge in [0.1, 0.15) is 11.6 Å². The zero-order chi connectivity index (χ0) is 17.3. The third kappa shape index (κ3) is 2.12. The maximum Gasteiger partial charge on any atom is 0.137 e. The van der Waals surface area contributed by atoms with Crippen LogP contribution in [0.5, 0.6) is 0 Å². The van der Waals surface area contributed by atoms with Crippen LogP contribution < -0.4 is 0 Å². The number of carbonyl (C=O) groups excluding carboxylic acids is 2. The molecule has 0 aromatic carbocycles. The molecule has 1 N–H and O–H groups in total. The molecule has 4 rings (SSSR count). The van der Waals surface area contributed by atoms with Gasteiger partial charge in [-0.1, -0.05) is 13.8 Å². The van der Waals surface area contributed by atoms with Gasteiger partial charge in [0.2, 0.25) is 0 Å². The van der Waals surface area contributed by atoms with Crippen molar-refractivity contribution in [2.45, 2.75) is 78.2 Å². The van der Waals surface area contributed by atoms with E-state index in [1.165, 1.54) is 0 Å². The average molecular weight is 332 g/mol. The van der Waals surface area contributed by atoms with Crippen molar-refractivity contribution >= 4 is 11.6 Å². The molecule has 0 aromatic heterocycles. The second kappa shape index (κ2) is 5.40. The lowest BCUT2D eigenvalue weighted by Gasteiger charge is -2.59. The smallest absolute Gasteiger partial charge is 0.137 e. The highest BCUT2D eigenvalue weighted by atomic mass is 16.3. The topological polar surface area (TPSA) is 54.4 Å². The van der Waals surface area contributed by atoms with Crippen LogP contribution in [0.3, 0.4) is 0 Å². The van der Waals surface area contributed by atoms with E-state index in [2.05, 4.69) is 13.8 Å². The largest absolute Gasteiger partial charge is 0.393 e. The predicted molar refractivity (Wildman–Crippen MR) is 92.3 cm³/mol. The monoisotopic (exact) mass is 332 g/mol. The van der Waals surface area contributed by atoms with Crippen LogP contribution in [0.2, 0.25) is 0 Å². The molecule has 0 aliphatic heterocycles. The van der Waals surface area contributed by atoms with E-state index in [9.17, 15) is 14.7 Å². The molecule has 0 aromatic rings. The van der Waals surface area contributed by atoms with Crippen LogP contribution in [0.15, 0.2) is 0 Å². The Balaban J connectivity index is 1.68. The molecular weight excluding hydrogens is 300 g/mol. The van der Waals surface area contributed by atoms with Crippen molar-refractivity contribution in [1.82, 2.24) is 0 Å². The van der Waals surface area contributed by atoms with Gasteiger partial charge in [-0.25, -0.2) is 0 Å². The lowest BCUT2D eigenvalue weighted by Crippen LogP contribution is -2.58. The summed E-state index contributed by atoms with van der Waals surface area (Å²) in [6.07, 6.45) is 7.53. The molecule has 4 aliphatic rings. The van der Waals surface area contributed by atoms with Gasteiger partial charge in [-0.15, -0.1) is 0 Å². The summed E-state index contributed by atoms with van der Waals surface area (Å²) in [5.41, 5.74) is -0.0175. The fourth-order valence-electron chi connectivity index (χ4n) is 7.72. The van der Waals surface area contributed by atoms with E-state index in [1.54, 1.807) is 6.92 Å². The minimum Gasteiger partial charge on any atom is -0.393 e. The second-order valence-corrected chi connectivity index (χ2v) is 9.85. The maximum atomic E-state index is 13.3. The molecule has 4 aliphatic carbocycles. The quantitative estimate of drug-likeness (QED) is 0.795.